The monoisotopic (exact) mass is 279 g/mol. The fourth-order valence-corrected chi connectivity index (χ4v) is 3.06. The van der Waals surface area contributed by atoms with Crippen LogP contribution in [-0.2, 0) is 6.42 Å². The first kappa shape index (κ1) is 13.6. The Labute approximate surface area is 116 Å². The molecule has 1 atom stereocenters. The molecule has 1 N–H and O–H groups in total. The van der Waals surface area contributed by atoms with Gasteiger partial charge in [0.1, 0.15) is 0 Å². The molecule has 1 aromatic heterocycles. The number of thioether (sulfide) groups is 1. The molecule has 4 heteroatoms. The number of hydrogen-bond acceptors (Lipinski definition) is 4. The van der Waals surface area contributed by atoms with E-state index in [-0.39, 0.29) is 0 Å². The van der Waals surface area contributed by atoms with Crippen LogP contribution in [0.25, 0.3) is 0 Å². The van der Waals surface area contributed by atoms with Gasteiger partial charge in [-0.05, 0) is 30.4 Å². The van der Waals surface area contributed by atoms with Gasteiger partial charge in [0.05, 0.1) is 16.8 Å². The Kier molecular flexibility index (Phi) is 4.80. The number of aromatic nitrogens is 1. The van der Waals surface area contributed by atoms with Crippen molar-refractivity contribution in [3.8, 4) is 0 Å². The fraction of sp³-hybridized carbons (Fsp3) is 0.357. The van der Waals surface area contributed by atoms with Gasteiger partial charge in [-0.15, -0.1) is 23.1 Å². The average molecular weight is 279 g/mol. The second-order valence-corrected chi connectivity index (χ2v) is 6.48. The van der Waals surface area contributed by atoms with Crippen LogP contribution in [0.5, 0.6) is 0 Å². The lowest BCUT2D eigenvalue weighted by atomic mass is 10.1. The van der Waals surface area contributed by atoms with Gasteiger partial charge in [-0.3, -0.25) is 0 Å². The summed E-state index contributed by atoms with van der Waals surface area (Å²) in [6, 6.07) is 8.14. The third kappa shape index (κ3) is 3.57. The molecule has 1 heterocycles. The molecule has 96 valence electrons. The van der Waals surface area contributed by atoms with Crippen molar-refractivity contribution >= 4 is 23.1 Å². The maximum atomic E-state index is 10.2. The number of aliphatic hydroxyl groups excluding tert-OH is 1. The highest BCUT2D eigenvalue weighted by Gasteiger charge is 2.10. The van der Waals surface area contributed by atoms with Crippen molar-refractivity contribution in [2.75, 3.05) is 5.75 Å². The van der Waals surface area contributed by atoms with Crippen molar-refractivity contribution < 1.29 is 5.11 Å². The second-order valence-electron chi connectivity index (χ2n) is 4.08. The van der Waals surface area contributed by atoms with Crippen molar-refractivity contribution in [1.82, 2.24) is 4.98 Å². The highest BCUT2D eigenvalue weighted by atomic mass is 32.2. The number of rotatable bonds is 5. The number of thiazole rings is 1. The van der Waals surface area contributed by atoms with Crippen molar-refractivity contribution in [3.05, 3.63) is 45.9 Å². The van der Waals surface area contributed by atoms with Crippen LogP contribution in [0.3, 0.4) is 0 Å². The number of benzene rings is 1. The molecule has 0 bridgehead atoms. The van der Waals surface area contributed by atoms with E-state index in [0.717, 1.165) is 22.0 Å². The van der Waals surface area contributed by atoms with E-state index >= 15 is 0 Å². The summed E-state index contributed by atoms with van der Waals surface area (Å²) in [5.74, 6) is 1.07. The van der Waals surface area contributed by atoms with Gasteiger partial charge < -0.3 is 5.11 Å². The summed E-state index contributed by atoms with van der Waals surface area (Å²) in [6.45, 7) is 4.12. The molecule has 0 radical (unpaired) electrons. The number of aliphatic hydroxyl groups is 1. The van der Waals surface area contributed by atoms with E-state index in [1.165, 1.54) is 4.90 Å². The lowest BCUT2D eigenvalue weighted by Crippen LogP contribution is -2.02. The quantitative estimate of drug-likeness (QED) is 0.844. The maximum Gasteiger partial charge on any atom is 0.0897 e. The van der Waals surface area contributed by atoms with Crippen LogP contribution in [0.15, 0.2) is 34.5 Å². The SMILES string of the molecule is CCSc1ccc(C(O)Cc2csc(C)n2)cc1. The molecule has 0 aliphatic heterocycles. The average Bonchev–Trinajstić information content (AvgIpc) is 2.76. The summed E-state index contributed by atoms with van der Waals surface area (Å²) in [7, 11) is 0. The molecule has 2 nitrogen and oxygen atoms in total. The van der Waals surface area contributed by atoms with E-state index in [0.29, 0.717) is 6.42 Å². The maximum absolute atomic E-state index is 10.2. The minimum atomic E-state index is -0.466. The fourth-order valence-electron chi connectivity index (χ4n) is 1.77. The third-order valence-corrected chi connectivity index (χ3v) is 4.36. The number of nitrogens with zero attached hydrogens (tertiary/aromatic N) is 1. The lowest BCUT2D eigenvalue weighted by molar-refractivity contribution is 0.177. The molecular weight excluding hydrogens is 262 g/mol. The van der Waals surface area contributed by atoms with Gasteiger partial charge in [0.15, 0.2) is 0 Å². The molecule has 1 aromatic carbocycles. The first-order valence-corrected chi connectivity index (χ1v) is 7.87. The number of hydrogen-bond donors (Lipinski definition) is 1. The molecule has 0 aliphatic rings. The molecule has 0 spiro atoms. The Bertz CT molecular complexity index is 493. The Morgan fingerprint density at radius 3 is 2.61 bits per heavy atom. The summed E-state index contributed by atoms with van der Waals surface area (Å²) in [4.78, 5) is 5.63. The van der Waals surface area contributed by atoms with Crippen molar-refractivity contribution in [2.45, 2.75) is 31.3 Å². The molecule has 0 amide bonds. The molecule has 0 aliphatic carbocycles. The van der Waals surface area contributed by atoms with Gasteiger partial charge in [0, 0.05) is 16.7 Å². The van der Waals surface area contributed by atoms with Gasteiger partial charge in [-0.2, -0.15) is 0 Å². The Balaban J connectivity index is 2.02. The van der Waals surface area contributed by atoms with E-state index < -0.39 is 6.10 Å². The zero-order valence-corrected chi connectivity index (χ0v) is 12.2. The topological polar surface area (TPSA) is 33.1 Å². The molecule has 2 rings (SSSR count). The molecule has 0 saturated carbocycles. The van der Waals surface area contributed by atoms with Crippen LogP contribution in [0.1, 0.15) is 29.3 Å². The Hall–Kier alpha value is -0.840. The van der Waals surface area contributed by atoms with Crippen molar-refractivity contribution in [2.24, 2.45) is 0 Å². The predicted octanol–water partition coefficient (Wildman–Crippen LogP) is 3.84. The molecule has 0 fully saturated rings. The van der Waals surface area contributed by atoms with Gasteiger partial charge in [0.25, 0.3) is 0 Å². The van der Waals surface area contributed by atoms with E-state index in [1.54, 1.807) is 11.3 Å². The predicted molar refractivity (Wildman–Crippen MR) is 78.4 cm³/mol. The lowest BCUT2D eigenvalue weighted by Gasteiger charge is -2.10. The molecule has 0 saturated heterocycles. The molecule has 2 aromatic rings. The molecule has 1 unspecified atom stereocenters. The Morgan fingerprint density at radius 2 is 2.06 bits per heavy atom. The molecule has 18 heavy (non-hydrogen) atoms. The highest BCUT2D eigenvalue weighted by molar-refractivity contribution is 7.99. The zero-order chi connectivity index (χ0) is 13.0. The van der Waals surface area contributed by atoms with Crippen LogP contribution in [0.2, 0.25) is 0 Å². The van der Waals surface area contributed by atoms with Crippen LogP contribution in [0, 0.1) is 6.92 Å². The molecular formula is C14H17NOS2. The third-order valence-electron chi connectivity index (χ3n) is 2.64. The van der Waals surface area contributed by atoms with Crippen molar-refractivity contribution in [3.63, 3.8) is 0 Å². The summed E-state index contributed by atoms with van der Waals surface area (Å²) >= 11 is 3.44. The van der Waals surface area contributed by atoms with Crippen LogP contribution >= 0.6 is 23.1 Å². The second kappa shape index (κ2) is 6.36. The van der Waals surface area contributed by atoms with E-state index in [1.807, 2.05) is 36.2 Å². The van der Waals surface area contributed by atoms with Gasteiger partial charge >= 0.3 is 0 Å². The first-order chi connectivity index (χ1) is 8.69. The standard InChI is InChI=1S/C14H17NOS2/c1-3-17-13-6-4-11(5-7-13)14(16)8-12-9-18-10(2)15-12/h4-7,9,14,16H,3,8H2,1-2H3. The smallest absolute Gasteiger partial charge is 0.0897 e. The van der Waals surface area contributed by atoms with E-state index in [2.05, 4.69) is 24.0 Å². The normalized spacial score (nSPS) is 12.6. The van der Waals surface area contributed by atoms with Crippen LogP contribution < -0.4 is 0 Å². The van der Waals surface area contributed by atoms with E-state index in [9.17, 15) is 5.11 Å². The minimum absolute atomic E-state index is 0.466. The first-order valence-electron chi connectivity index (χ1n) is 6.01. The Morgan fingerprint density at radius 1 is 1.33 bits per heavy atom. The summed E-state index contributed by atoms with van der Waals surface area (Å²) in [5.41, 5.74) is 1.93. The summed E-state index contributed by atoms with van der Waals surface area (Å²) in [5, 5.41) is 13.2. The van der Waals surface area contributed by atoms with E-state index in [4.69, 9.17) is 0 Å². The van der Waals surface area contributed by atoms with Gasteiger partial charge in [-0.25, -0.2) is 4.98 Å². The highest BCUT2D eigenvalue weighted by Crippen LogP contribution is 2.23. The van der Waals surface area contributed by atoms with Gasteiger partial charge in [0.2, 0.25) is 0 Å². The minimum Gasteiger partial charge on any atom is -0.388 e. The summed E-state index contributed by atoms with van der Waals surface area (Å²) in [6.07, 6.45) is 0.122. The van der Waals surface area contributed by atoms with Crippen LogP contribution in [0.4, 0.5) is 0 Å². The van der Waals surface area contributed by atoms with Crippen LogP contribution in [-0.4, -0.2) is 15.8 Å². The van der Waals surface area contributed by atoms with Gasteiger partial charge in [-0.1, -0.05) is 19.1 Å². The zero-order valence-electron chi connectivity index (χ0n) is 10.6. The largest absolute Gasteiger partial charge is 0.388 e. The van der Waals surface area contributed by atoms with Crippen molar-refractivity contribution in [1.29, 1.82) is 0 Å². The summed E-state index contributed by atoms with van der Waals surface area (Å²) < 4.78 is 0. The number of aryl methyl sites for hydroxylation is 1.